The van der Waals surface area contributed by atoms with E-state index in [2.05, 4.69) is 10.1 Å². The Balaban J connectivity index is 3.14. The summed E-state index contributed by atoms with van der Waals surface area (Å²) >= 11 is 0. The van der Waals surface area contributed by atoms with Gasteiger partial charge in [0.05, 0.1) is 16.7 Å². The molecule has 0 saturated heterocycles. The molecule has 1 N–H and O–H groups in total. The van der Waals surface area contributed by atoms with Crippen LogP contribution in [0.15, 0.2) is 34.2 Å². The van der Waals surface area contributed by atoms with E-state index in [0.29, 0.717) is 16.7 Å². The van der Waals surface area contributed by atoms with Crippen molar-refractivity contribution in [2.24, 2.45) is 12.2 Å². The van der Waals surface area contributed by atoms with Crippen molar-refractivity contribution in [3.05, 3.63) is 45.7 Å². The molecular weight excluding hydrogens is 230 g/mol. The van der Waals surface area contributed by atoms with Crippen LogP contribution in [0, 0.1) is 0 Å². The van der Waals surface area contributed by atoms with Crippen molar-refractivity contribution < 1.29 is 5.21 Å². The molecule has 5 heteroatoms. The van der Waals surface area contributed by atoms with E-state index >= 15 is 0 Å². The molecule has 2 rings (SSSR count). The van der Waals surface area contributed by atoms with Crippen LogP contribution in [-0.2, 0) is 7.05 Å². The van der Waals surface area contributed by atoms with E-state index in [0.717, 1.165) is 0 Å². The van der Waals surface area contributed by atoms with E-state index in [9.17, 15) is 4.79 Å². The van der Waals surface area contributed by atoms with Crippen molar-refractivity contribution in [2.45, 2.75) is 19.8 Å². The van der Waals surface area contributed by atoms with E-state index in [-0.39, 0.29) is 16.8 Å². The zero-order valence-electron chi connectivity index (χ0n) is 10.6. The highest BCUT2D eigenvalue weighted by molar-refractivity contribution is 5.74. The first kappa shape index (κ1) is 12.3. The Morgan fingerprint density at radius 3 is 2.61 bits per heavy atom. The molecule has 5 nitrogen and oxygen atoms in total. The quantitative estimate of drug-likeness (QED) is 0.609. The maximum Gasteiger partial charge on any atom is 0.282 e. The predicted octanol–water partition coefficient (Wildman–Crippen LogP) is 1.35. The molecule has 18 heavy (non-hydrogen) atoms. The minimum atomic E-state index is -0.352. The molecule has 1 aromatic carbocycles. The molecule has 0 aliphatic heterocycles. The van der Waals surface area contributed by atoms with E-state index in [1.807, 2.05) is 38.1 Å². The van der Waals surface area contributed by atoms with Crippen molar-refractivity contribution in [3.63, 3.8) is 0 Å². The Kier molecular flexibility index (Phi) is 3.14. The summed E-state index contributed by atoms with van der Waals surface area (Å²) in [5.41, 5.74) is 1.56. The normalized spacial score (nSPS) is 12.3. The molecule has 1 heterocycles. The van der Waals surface area contributed by atoms with Gasteiger partial charge in [-0.15, -0.1) is 0 Å². The third-order valence-electron chi connectivity index (χ3n) is 2.88. The number of fused-ring (bicyclic) bond motifs is 1. The van der Waals surface area contributed by atoms with Gasteiger partial charge < -0.3 is 9.77 Å². The first-order chi connectivity index (χ1) is 8.56. The summed E-state index contributed by atoms with van der Waals surface area (Å²) in [6, 6.07) is 7.35. The van der Waals surface area contributed by atoms with Crippen LogP contribution in [0.5, 0.6) is 0 Å². The van der Waals surface area contributed by atoms with E-state index in [4.69, 9.17) is 5.21 Å². The number of para-hydroxylation sites is 2. The Bertz CT molecular complexity index is 717. The van der Waals surface area contributed by atoms with Crippen molar-refractivity contribution in [3.8, 4) is 0 Å². The van der Waals surface area contributed by atoms with Crippen LogP contribution in [0.4, 0.5) is 0 Å². The lowest BCUT2D eigenvalue weighted by molar-refractivity contribution is 0.299. The van der Waals surface area contributed by atoms with Crippen molar-refractivity contribution in [1.82, 2.24) is 9.55 Å². The Hall–Kier alpha value is -2.17. The first-order valence-electron chi connectivity index (χ1n) is 5.74. The van der Waals surface area contributed by atoms with Crippen LogP contribution < -0.4 is 10.9 Å². The molecule has 0 bridgehead atoms. The number of aromatic nitrogens is 2. The van der Waals surface area contributed by atoms with Gasteiger partial charge in [-0.25, -0.2) is 4.98 Å². The highest BCUT2D eigenvalue weighted by Crippen LogP contribution is 2.11. The summed E-state index contributed by atoms with van der Waals surface area (Å²) in [6.07, 6.45) is 0. The Morgan fingerprint density at radius 2 is 2.00 bits per heavy atom. The standard InChI is InChI=1S/C13H15N3O2/c1-8(2)11-12(15-18)13(17)16(3)10-7-5-4-6-9(10)14-11/h4-8,18H,1-3H3. The van der Waals surface area contributed by atoms with Gasteiger partial charge in [-0.3, -0.25) is 4.79 Å². The molecule has 0 radical (unpaired) electrons. The largest absolute Gasteiger partial charge is 0.410 e. The SMILES string of the molecule is CC(C)c1nc2ccccc2n(C)c(=O)c1=NO. The van der Waals surface area contributed by atoms with Gasteiger partial charge in [-0.05, 0) is 18.1 Å². The topological polar surface area (TPSA) is 67.5 Å². The van der Waals surface area contributed by atoms with Gasteiger partial charge in [-0.2, -0.15) is 0 Å². The fourth-order valence-corrected chi connectivity index (χ4v) is 1.90. The fraction of sp³-hybridized carbons (Fsp3) is 0.308. The highest BCUT2D eigenvalue weighted by atomic mass is 16.4. The zero-order chi connectivity index (χ0) is 13.3. The van der Waals surface area contributed by atoms with Crippen LogP contribution in [0.3, 0.4) is 0 Å². The predicted molar refractivity (Wildman–Crippen MR) is 68.4 cm³/mol. The van der Waals surface area contributed by atoms with Gasteiger partial charge in [0.25, 0.3) is 5.56 Å². The second-order valence-corrected chi connectivity index (χ2v) is 4.45. The zero-order valence-corrected chi connectivity index (χ0v) is 10.6. The van der Waals surface area contributed by atoms with Crippen molar-refractivity contribution in [2.75, 3.05) is 0 Å². The maximum atomic E-state index is 12.2. The molecule has 0 unspecified atom stereocenters. The maximum absolute atomic E-state index is 12.2. The lowest BCUT2D eigenvalue weighted by atomic mass is 10.1. The third-order valence-corrected chi connectivity index (χ3v) is 2.88. The molecule has 0 aliphatic rings. The summed E-state index contributed by atoms with van der Waals surface area (Å²) in [6.45, 7) is 3.82. The van der Waals surface area contributed by atoms with E-state index < -0.39 is 0 Å². The fourth-order valence-electron chi connectivity index (χ4n) is 1.90. The molecule has 1 aromatic heterocycles. The third kappa shape index (κ3) is 1.88. The van der Waals surface area contributed by atoms with Gasteiger partial charge in [0.1, 0.15) is 0 Å². The molecule has 94 valence electrons. The Morgan fingerprint density at radius 1 is 1.33 bits per heavy atom. The highest BCUT2D eigenvalue weighted by Gasteiger charge is 2.10. The van der Waals surface area contributed by atoms with Gasteiger partial charge in [-0.1, -0.05) is 31.1 Å². The first-order valence-corrected chi connectivity index (χ1v) is 5.74. The smallest absolute Gasteiger partial charge is 0.282 e. The summed E-state index contributed by atoms with van der Waals surface area (Å²) in [5.74, 6) is -0.000550. The lowest BCUT2D eigenvalue weighted by Crippen LogP contribution is -2.34. The van der Waals surface area contributed by atoms with Crippen LogP contribution >= 0.6 is 0 Å². The van der Waals surface area contributed by atoms with E-state index in [1.54, 1.807) is 7.05 Å². The molecule has 0 saturated carbocycles. The molecule has 2 aromatic rings. The number of benzene rings is 1. The molecule has 0 fully saturated rings. The number of aryl methyl sites for hydroxylation is 1. The monoisotopic (exact) mass is 245 g/mol. The van der Waals surface area contributed by atoms with Crippen LogP contribution in [0.2, 0.25) is 0 Å². The molecule has 0 amide bonds. The lowest BCUT2D eigenvalue weighted by Gasteiger charge is -1.99. The average molecular weight is 245 g/mol. The second-order valence-electron chi connectivity index (χ2n) is 4.45. The molecule has 0 aliphatic carbocycles. The van der Waals surface area contributed by atoms with Crippen molar-refractivity contribution in [1.29, 1.82) is 0 Å². The van der Waals surface area contributed by atoms with Gasteiger partial charge in [0, 0.05) is 7.05 Å². The molecule has 0 atom stereocenters. The van der Waals surface area contributed by atoms with Gasteiger partial charge in [0.15, 0.2) is 5.36 Å². The van der Waals surface area contributed by atoms with E-state index in [1.165, 1.54) is 4.57 Å². The minimum absolute atomic E-state index is 0.000550. The van der Waals surface area contributed by atoms with Crippen molar-refractivity contribution >= 4 is 11.0 Å². The number of nitrogens with zero attached hydrogens (tertiary/aromatic N) is 3. The summed E-state index contributed by atoms with van der Waals surface area (Å²) < 4.78 is 1.45. The summed E-state index contributed by atoms with van der Waals surface area (Å²) in [5, 5.41) is 12.2. The van der Waals surface area contributed by atoms with Gasteiger partial charge in [0.2, 0.25) is 0 Å². The number of hydrogen-bond acceptors (Lipinski definition) is 4. The Labute approximate surface area is 104 Å². The average Bonchev–Trinajstić information content (AvgIpc) is 2.47. The summed E-state index contributed by atoms with van der Waals surface area (Å²) in [4.78, 5) is 16.7. The number of rotatable bonds is 1. The molecular formula is C13H15N3O2. The molecule has 0 spiro atoms. The van der Waals surface area contributed by atoms with Gasteiger partial charge >= 0.3 is 0 Å². The minimum Gasteiger partial charge on any atom is -0.410 e. The number of hydrogen-bond donors (Lipinski definition) is 1. The van der Waals surface area contributed by atoms with Crippen LogP contribution in [0.1, 0.15) is 25.5 Å². The van der Waals surface area contributed by atoms with Crippen LogP contribution in [-0.4, -0.2) is 14.8 Å². The second kappa shape index (κ2) is 4.60. The van der Waals surface area contributed by atoms with Crippen LogP contribution in [0.25, 0.3) is 11.0 Å². The summed E-state index contributed by atoms with van der Waals surface area (Å²) in [7, 11) is 1.64.